The van der Waals surface area contributed by atoms with Crippen LogP contribution in [0.3, 0.4) is 0 Å². The van der Waals surface area contributed by atoms with Crippen LogP contribution in [0.1, 0.15) is 25.7 Å². The molecule has 1 nitrogen and oxygen atoms in total. The third-order valence-electron chi connectivity index (χ3n) is 2.14. The third kappa shape index (κ3) is 2.89. The molecule has 1 atom stereocenters. The fourth-order valence-electron chi connectivity index (χ4n) is 1.54. The van der Waals surface area contributed by atoms with Crippen LogP contribution in [0, 0.1) is 5.92 Å². The summed E-state index contributed by atoms with van der Waals surface area (Å²) in [5, 5.41) is 3.40. The number of hydrogen-bond donors (Lipinski definition) is 1. The van der Waals surface area contributed by atoms with Crippen LogP contribution in [0.15, 0.2) is 0 Å². The van der Waals surface area contributed by atoms with Crippen LogP contribution in [0.5, 0.6) is 0 Å². The molecule has 0 radical (unpaired) electrons. The molecule has 0 bridgehead atoms. The van der Waals surface area contributed by atoms with Crippen LogP contribution >= 0.6 is 11.6 Å². The molecule has 0 aromatic carbocycles. The van der Waals surface area contributed by atoms with Crippen molar-refractivity contribution in [1.82, 2.24) is 5.32 Å². The Morgan fingerprint density at radius 3 is 3.00 bits per heavy atom. The SMILES string of the molecule is ClCCC[C@@H]1CCCNC1. The molecule has 10 heavy (non-hydrogen) atoms. The first-order valence-corrected chi connectivity index (χ1v) is 4.73. The van der Waals surface area contributed by atoms with Crippen molar-refractivity contribution in [1.29, 1.82) is 0 Å². The summed E-state index contributed by atoms with van der Waals surface area (Å²) in [6.07, 6.45) is 5.27. The summed E-state index contributed by atoms with van der Waals surface area (Å²) in [7, 11) is 0. The highest BCUT2D eigenvalue weighted by Crippen LogP contribution is 2.15. The van der Waals surface area contributed by atoms with Gasteiger partial charge in [0, 0.05) is 5.88 Å². The van der Waals surface area contributed by atoms with Crippen molar-refractivity contribution < 1.29 is 0 Å². The van der Waals surface area contributed by atoms with Gasteiger partial charge in [-0.3, -0.25) is 0 Å². The van der Waals surface area contributed by atoms with E-state index in [0.717, 1.165) is 11.8 Å². The summed E-state index contributed by atoms with van der Waals surface area (Å²) < 4.78 is 0. The van der Waals surface area contributed by atoms with Crippen molar-refractivity contribution >= 4 is 11.6 Å². The number of rotatable bonds is 3. The molecule has 2 heteroatoms. The van der Waals surface area contributed by atoms with Gasteiger partial charge >= 0.3 is 0 Å². The minimum atomic E-state index is 0.830. The molecule has 60 valence electrons. The van der Waals surface area contributed by atoms with Crippen LogP contribution in [0.2, 0.25) is 0 Å². The molecule has 1 aliphatic rings. The molecule has 0 saturated carbocycles. The molecule has 1 N–H and O–H groups in total. The highest BCUT2D eigenvalue weighted by molar-refractivity contribution is 6.17. The first kappa shape index (κ1) is 8.35. The lowest BCUT2D eigenvalue weighted by Gasteiger charge is -2.21. The second-order valence-electron chi connectivity index (χ2n) is 3.04. The van der Waals surface area contributed by atoms with Gasteiger partial charge < -0.3 is 5.32 Å². The summed E-state index contributed by atoms with van der Waals surface area (Å²) in [5.74, 6) is 1.74. The van der Waals surface area contributed by atoms with Gasteiger partial charge in [-0.2, -0.15) is 0 Å². The molecule has 1 saturated heterocycles. The van der Waals surface area contributed by atoms with Crippen LogP contribution in [0.4, 0.5) is 0 Å². The van der Waals surface area contributed by atoms with E-state index in [-0.39, 0.29) is 0 Å². The van der Waals surface area contributed by atoms with Crippen LogP contribution < -0.4 is 5.32 Å². The van der Waals surface area contributed by atoms with E-state index in [4.69, 9.17) is 11.6 Å². The van der Waals surface area contributed by atoms with Gasteiger partial charge in [-0.1, -0.05) is 0 Å². The van der Waals surface area contributed by atoms with Gasteiger partial charge in [-0.15, -0.1) is 11.6 Å². The average Bonchev–Trinajstić information content (AvgIpc) is 2.03. The van der Waals surface area contributed by atoms with Gasteiger partial charge in [-0.25, -0.2) is 0 Å². The van der Waals surface area contributed by atoms with E-state index >= 15 is 0 Å². The predicted octanol–water partition coefficient (Wildman–Crippen LogP) is 2.00. The molecule has 0 amide bonds. The van der Waals surface area contributed by atoms with Crippen molar-refractivity contribution in [2.45, 2.75) is 25.7 Å². The Kier molecular flexibility index (Phi) is 4.15. The van der Waals surface area contributed by atoms with Crippen molar-refractivity contribution in [2.75, 3.05) is 19.0 Å². The quantitative estimate of drug-likeness (QED) is 0.625. The summed E-state index contributed by atoms with van der Waals surface area (Å²) in [5.41, 5.74) is 0. The monoisotopic (exact) mass is 161 g/mol. The largest absolute Gasteiger partial charge is 0.316 e. The number of nitrogens with one attached hydrogen (secondary N) is 1. The Labute approximate surface area is 68.1 Å². The molecule has 0 aromatic rings. The van der Waals surface area contributed by atoms with Gasteiger partial charge in [-0.05, 0) is 44.7 Å². The highest BCUT2D eigenvalue weighted by Gasteiger charge is 2.11. The summed E-state index contributed by atoms with van der Waals surface area (Å²) >= 11 is 5.60. The lowest BCUT2D eigenvalue weighted by atomic mass is 9.95. The standard InChI is InChI=1S/C8H16ClN/c9-5-1-3-8-4-2-6-10-7-8/h8,10H,1-7H2/t8-/m1/s1. The lowest BCUT2D eigenvalue weighted by Crippen LogP contribution is -2.29. The van der Waals surface area contributed by atoms with Crippen molar-refractivity contribution in [3.05, 3.63) is 0 Å². The van der Waals surface area contributed by atoms with Crippen molar-refractivity contribution in [3.8, 4) is 0 Å². The van der Waals surface area contributed by atoms with Crippen LogP contribution in [-0.2, 0) is 0 Å². The molecule has 1 fully saturated rings. The van der Waals surface area contributed by atoms with E-state index in [9.17, 15) is 0 Å². The normalized spacial score (nSPS) is 26.7. The highest BCUT2D eigenvalue weighted by atomic mass is 35.5. The second-order valence-corrected chi connectivity index (χ2v) is 3.42. The topological polar surface area (TPSA) is 12.0 Å². The van der Waals surface area contributed by atoms with E-state index < -0.39 is 0 Å². The maximum Gasteiger partial charge on any atom is 0.0223 e. The minimum Gasteiger partial charge on any atom is -0.316 e. The summed E-state index contributed by atoms with van der Waals surface area (Å²) in [6, 6.07) is 0. The summed E-state index contributed by atoms with van der Waals surface area (Å²) in [6.45, 7) is 2.44. The molecule has 0 spiro atoms. The predicted molar refractivity (Wildman–Crippen MR) is 45.5 cm³/mol. The Bertz CT molecular complexity index is 79.3. The van der Waals surface area contributed by atoms with Gasteiger partial charge in [0.1, 0.15) is 0 Å². The number of piperidine rings is 1. The second kappa shape index (κ2) is 4.97. The summed E-state index contributed by atoms with van der Waals surface area (Å²) in [4.78, 5) is 0. The van der Waals surface area contributed by atoms with E-state index in [2.05, 4.69) is 5.32 Å². The first-order chi connectivity index (χ1) is 4.93. The Morgan fingerprint density at radius 1 is 1.50 bits per heavy atom. The third-order valence-corrected chi connectivity index (χ3v) is 2.41. The molecule has 0 aliphatic carbocycles. The Balaban J connectivity index is 2.02. The fraction of sp³-hybridized carbons (Fsp3) is 1.00. The van der Waals surface area contributed by atoms with E-state index in [1.807, 2.05) is 0 Å². The number of hydrogen-bond acceptors (Lipinski definition) is 1. The molecule has 1 aliphatic heterocycles. The number of alkyl halides is 1. The van der Waals surface area contributed by atoms with Crippen molar-refractivity contribution in [3.63, 3.8) is 0 Å². The molecule has 0 unspecified atom stereocenters. The Hall–Kier alpha value is 0.250. The zero-order valence-corrected chi connectivity index (χ0v) is 7.16. The molecule has 1 rings (SSSR count). The van der Waals surface area contributed by atoms with Gasteiger partial charge in [0.15, 0.2) is 0 Å². The smallest absolute Gasteiger partial charge is 0.0223 e. The van der Waals surface area contributed by atoms with Crippen molar-refractivity contribution in [2.24, 2.45) is 5.92 Å². The molecule has 0 aromatic heterocycles. The molecular weight excluding hydrogens is 146 g/mol. The van der Waals surface area contributed by atoms with Crippen LogP contribution in [0.25, 0.3) is 0 Å². The van der Waals surface area contributed by atoms with E-state index in [1.165, 1.54) is 38.8 Å². The molecule has 1 heterocycles. The van der Waals surface area contributed by atoms with Gasteiger partial charge in [0.2, 0.25) is 0 Å². The first-order valence-electron chi connectivity index (χ1n) is 4.20. The molecular formula is C8H16ClN. The van der Waals surface area contributed by atoms with Crippen LogP contribution in [-0.4, -0.2) is 19.0 Å². The number of halogens is 1. The maximum atomic E-state index is 5.60. The maximum absolute atomic E-state index is 5.60. The minimum absolute atomic E-state index is 0.830. The van der Waals surface area contributed by atoms with E-state index in [0.29, 0.717) is 0 Å². The zero-order chi connectivity index (χ0) is 7.23. The lowest BCUT2D eigenvalue weighted by molar-refractivity contribution is 0.356. The Morgan fingerprint density at radius 2 is 2.40 bits per heavy atom. The fourth-order valence-corrected chi connectivity index (χ4v) is 1.69. The van der Waals surface area contributed by atoms with E-state index in [1.54, 1.807) is 0 Å². The van der Waals surface area contributed by atoms with Gasteiger partial charge in [0.05, 0.1) is 0 Å². The van der Waals surface area contributed by atoms with Gasteiger partial charge in [0.25, 0.3) is 0 Å². The average molecular weight is 162 g/mol. The zero-order valence-electron chi connectivity index (χ0n) is 6.41.